The molecule has 0 aromatic heterocycles. The van der Waals surface area contributed by atoms with Gasteiger partial charge in [0.1, 0.15) is 0 Å². The van der Waals surface area contributed by atoms with Crippen LogP contribution in [0, 0.1) is 5.92 Å². The number of carbonyl (C=O) groups is 1. The molecule has 7 heteroatoms. The van der Waals surface area contributed by atoms with Gasteiger partial charge in [-0.15, -0.1) is 0 Å². The lowest BCUT2D eigenvalue weighted by molar-refractivity contribution is -0.131. The van der Waals surface area contributed by atoms with Crippen molar-refractivity contribution in [1.82, 2.24) is 9.80 Å². The van der Waals surface area contributed by atoms with Crippen molar-refractivity contribution in [3.8, 4) is 23.0 Å². The summed E-state index contributed by atoms with van der Waals surface area (Å²) >= 11 is 0. The van der Waals surface area contributed by atoms with Crippen LogP contribution in [0.2, 0.25) is 0 Å². The summed E-state index contributed by atoms with van der Waals surface area (Å²) in [5.74, 6) is 3.84. The van der Waals surface area contributed by atoms with E-state index in [1.807, 2.05) is 12.1 Å². The Bertz CT molecular complexity index is 1040. The van der Waals surface area contributed by atoms with Crippen molar-refractivity contribution in [3.05, 3.63) is 47.0 Å². The van der Waals surface area contributed by atoms with Gasteiger partial charge in [-0.05, 0) is 79.1 Å². The SMILES string of the molecule is COc1ccc(CCN2CCCC(CN3CCc4cc5c(cc4CC3=O)OCO5)C2)cc1OC. The van der Waals surface area contributed by atoms with Crippen LogP contribution < -0.4 is 18.9 Å². The Labute approximate surface area is 201 Å². The number of carbonyl (C=O) groups excluding carboxylic acids is 1. The van der Waals surface area contributed by atoms with E-state index in [-0.39, 0.29) is 12.7 Å². The van der Waals surface area contributed by atoms with Crippen molar-refractivity contribution in [2.75, 3.05) is 53.7 Å². The van der Waals surface area contributed by atoms with E-state index in [1.165, 1.54) is 24.0 Å². The van der Waals surface area contributed by atoms with E-state index in [2.05, 4.69) is 28.0 Å². The van der Waals surface area contributed by atoms with Crippen molar-refractivity contribution in [2.24, 2.45) is 5.92 Å². The third kappa shape index (κ3) is 4.94. The third-order valence-electron chi connectivity index (χ3n) is 7.29. The summed E-state index contributed by atoms with van der Waals surface area (Å²) in [4.78, 5) is 17.7. The van der Waals surface area contributed by atoms with E-state index < -0.39 is 0 Å². The first-order chi connectivity index (χ1) is 16.6. The number of piperidine rings is 1. The maximum absolute atomic E-state index is 13.1. The molecule has 0 aliphatic carbocycles. The summed E-state index contributed by atoms with van der Waals surface area (Å²) in [5, 5.41) is 0. The fourth-order valence-electron chi connectivity index (χ4n) is 5.41. The minimum absolute atomic E-state index is 0.222. The molecule has 2 aromatic rings. The average molecular weight is 467 g/mol. The number of hydrogen-bond donors (Lipinski definition) is 0. The van der Waals surface area contributed by atoms with Crippen LogP contribution in [0.15, 0.2) is 30.3 Å². The van der Waals surface area contributed by atoms with E-state index >= 15 is 0 Å². The summed E-state index contributed by atoms with van der Waals surface area (Å²) in [7, 11) is 3.34. The van der Waals surface area contributed by atoms with Crippen molar-refractivity contribution in [3.63, 3.8) is 0 Å². The van der Waals surface area contributed by atoms with E-state index in [1.54, 1.807) is 14.2 Å². The Morgan fingerprint density at radius 2 is 1.79 bits per heavy atom. The molecule has 1 fully saturated rings. The lowest BCUT2D eigenvalue weighted by Gasteiger charge is -2.35. The van der Waals surface area contributed by atoms with Gasteiger partial charge in [-0.3, -0.25) is 4.79 Å². The number of fused-ring (bicyclic) bond motifs is 2. The lowest BCUT2D eigenvalue weighted by Crippen LogP contribution is -2.44. The Kier molecular flexibility index (Phi) is 6.81. The van der Waals surface area contributed by atoms with Crippen LogP contribution in [0.4, 0.5) is 0 Å². The van der Waals surface area contributed by atoms with Crippen LogP contribution in [0.3, 0.4) is 0 Å². The highest BCUT2D eigenvalue weighted by Crippen LogP contribution is 2.36. The van der Waals surface area contributed by atoms with Crippen LogP contribution in [-0.2, 0) is 24.1 Å². The minimum atomic E-state index is 0.222. The van der Waals surface area contributed by atoms with E-state index in [4.69, 9.17) is 18.9 Å². The zero-order valence-corrected chi connectivity index (χ0v) is 20.2. The van der Waals surface area contributed by atoms with Gasteiger partial charge < -0.3 is 28.7 Å². The van der Waals surface area contributed by atoms with E-state index in [9.17, 15) is 4.79 Å². The van der Waals surface area contributed by atoms with Crippen LogP contribution in [-0.4, -0.2) is 69.4 Å². The first-order valence-corrected chi connectivity index (χ1v) is 12.3. The Morgan fingerprint density at radius 3 is 2.59 bits per heavy atom. The number of benzene rings is 2. The largest absolute Gasteiger partial charge is 0.493 e. The predicted octanol–water partition coefficient (Wildman–Crippen LogP) is 3.31. The monoisotopic (exact) mass is 466 g/mol. The summed E-state index contributed by atoms with van der Waals surface area (Å²) < 4.78 is 21.8. The van der Waals surface area contributed by atoms with E-state index in [0.717, 1.165) is 74.1 Å². The molecule has 1 atom stereocenters. The van der Waals surface area contributed by atoms with Gasteiger partial charge in [0.25, 0.3) is 0 Å². The second-order valence-corrected chi connectivity index (χ2v) is 9.49. The first-order valence-electron chi connectivity index (χ1n) is 12.3. The van der Waals surface area contributed by atoms with Gasteiger partial charge >= 0.3 is 0 Å². The maximum atomic E-state index is 13.1. The summed E-state index contributed by atoms with van der Waals surface area (Å²) in [6.07, 6.45) is 4.65. The molecular weight excluding hydrogens is 432 g/mol. The number of nitrogens with zero attached hydrogens (tertiary/aromatic N) is 2. The molecule has 3 aliphatic rings. The van der Waals surface area contributed by atoms with Gasteiger partial charge in [0.05, 0.1) is 20.6 Å². The van der Waals surface area contributed by atoms with Crippen molar-refractivity contribution >= 4 is 5.91 Å². The number of amides is 1. The van der Waals surface area contributed by atoms with Gasteiger partial charge in [-0.25, -0.2) is 0 Å². The molecule has 0 spiro atoms. The van der Waals surface area contributed by atoms with E-state index in [0.29, 0.717) is 12.3 Å². The molecule has 0 bridgehead atoms. The number of likely N-dealkylation sites (tertiary alicyclic amines) is 1. The summed E-state index contributed by atoms with van der Waals surface area (Å²) in [6.45, 7) is 5.05. The maximum Gasteiger partial charge on any atom is 0.231 e. The standard InChI is InChI=1S/C27H34N2O5/c1-31-23-6-5-19(12-24(23)32-2)7-10-28-9-3-4-20(16-28)17-29-11-8-21-13-25-26(34-18-33-25)14-22(21)15-27(29)30/h5-6,12-14,20H,3-4,7-11,15-18H2,1-2H3. The highest BCUT2D eigenvalue weighted by atomic mass is 16.7. The van der Waals surface area contributed by atoms with Gasteiger partial charge in [0.2, 0.25) is 12.7 Å². The van der Waals surface area contributed by atoms with Crippen molar-refractivity contribution in [1.29, 1.82) is 0 Å². The molecule has 3 aliphatic heterocycles. The zero-order valence-electron chi connectivity index (χ0n) is 20.2. The fourth-order valence-corrected chi connectivity index (χ4v) is 5.41. The summed E-state index contributed by atoms with van der Waals surface area (Å²) in [5.41, 5.74) is 3.54. The molecule has 1 amide bonds. The Hall–Kier alpha value is -2.93. The second kappa shape index (κ2) is 10.1. The first kappa shape index (κ1) is 22.8. The zero-order chi connectivity index (χ0) is 23.5. The average Bonchev–Trinajstić information content (AvgIpc) is 3.26. The molecule has 0 saturated carbocycles. The molecule has 0 radical (unpaired) electrons. The topological polar surface area (TPSA) is 60.5 Å². The van der Waals surface area contributed by atoms with Crippen LogP contribution >= 0.6 is 0 Å². The Balaban J connectivity index is 1.16. The van der Waals surface area contributed by atoms with Crippen LogP contribution in [0.5, 0.6) is 23.0 Å². The van der Waals surface area contributed by atoms with Crippen LogP contribution in [0.1, 0.15) is 29.5 Å². The normalized spacial score (nSPS) is 20.1. The molecule has 0 N–H and O–H groups in total. The third-order valence-corrected chi connectivity index (χ3v) is 7.29. The molecular formula is C27H34N2O5. The molecule has 1 saturated heterocycles. The molecule has 3 heterocycles. The number of ether oxygens (including phenoxy) is 4. The van der Waals surface area contributed by atoms with Gasteiger partial charge in [-0.2, -0.15) is 0 Å². The molecule has 5 rings (SSSR count). The second-order valence-electron chi connectivity index (χ2n) is 9.49. The highest BCUT2D eigenvalue weighted by molar-refractivity contribution is 5.80. The lowest BCUT2D eigenvalue weighted by atomic mass is 9.96. The summed E-state index contributed by atoms with van der Waals surface area (Å²) in [6, 6.07) is 10.2. The van der Waals surface area contributed by atoms with Gasteiger partial charge in [-0.1, -0.05) is 6.07 Å². The number of rotatable bonds is 7. The minimum Gasteiger partial charge on any atom is -0.493 e. The number of hydrogen-bond acceptors (Lipinski definition) is 6. The predicted molar refractivity (Wildman–Crippen MR) is 129 cm³/mol. The molecule has 34 heavy (non-hydrogen) atoms. The smallest absolute Gasteiger partial charge is 0.231 e. The molecule has 182 valence electrons. The Morgan fingerprint density at radius 1 is 1.00 bits per heavy atom. The van der Waals surface area contributed by atoms with Crippen molar-refractivity contribution < 1.29 is 23.7 Å². The molecule has 1 unspecified atom stereocenters. The molecule has 2 aromatic carbocycles. The number of methoxy groups -OCH3 is 2. The quantitative estimate of drug-likeness (QED) is 0.624. The molecule has 7 nitrogen and oxygen atoms in total. The van der Waals surface area contributed by atoms with Gasteiger partial charge in [0.15, 0.2) is 23.0 Å². The fraction of sp³-hybridized carbons (Fsp3) is 0.519. The van der Waals surface area contributed by atoms with Gasteiger partial charge in [0, 0.05) is 26.2 Å². The van der Waals surface area contributed by atoms with Crippen molar-refractivity contribution in [2.45, 2.75) is 32.1 Å². The van der Waals surface area contributed by atoms with Crippen LogP contribution in [0.25, 0.3) is 0 Å². The highest BCUT2D eigenvalue weighted by Gasteiger charge is 2.28.